The van der Waals surface area contributed by atoms with E-state index >= 15 is 0 Å². The first-order valence-electron chi connectivity index (χ1n) is 8.20. The quantitative estimate of drug-likeness (QED) is 0.749. The summed E-state index contributed by atoms with van der Waals surface area (Å²) in [5, 5.41) is 5.92. The van der Waals surface area contributed by atoms with E-state index in [4.69, 9.17) is 0 Å². The number of quaternary nitrogens is 1. The van der Waals surface area contributed by atoms with Crippen molar-refractivity contribution in [1.29, 1.82) is 0 Å². The van der Waals surface area contributed by atoms with Gasteiger partial charge in [-0.3, -0.25) is 9.59 Å². The maximum atomic E-state index is 12.6. The molecule has 3 N–H and O–H groups in total. The van der Waals surface area contributed by atoms with Crippen molar-refractivity contribution in [2.45, 2.75) is 38.1 Å². The second-order valence-electron chi connectivity index (χ2n) is 6.24. The molecule has 2 heterocycles. The summed E-state index contributed by atoms with van der Waals surface area (Å²) in [5.41, 5.74) is 1.69. The lowest BCUT2D eigenvalue weighted by molar-refractivity contribution is -0.909. The molecule has 3 unspecified atom stereocenters. The molecule has 0 spiro atoms. The smallest absolute Gasteiger partial charge is 0.228 e. The van der Waals surface area contributed by atoms with Crippen molar-refractivity contribution in [2.24, 2.45) is 0 Å². The van der Waals surface area contributed by atoms with Crippen LogP contribution in [0.4, 0.5) is 5.69 Å². The van der Waals surface area contributed by atoms with Crippen molar-refractivity contribution in [3.63, 3.8) is 0 Å². The number of amides is 2. The van der Waals surface area contributed by atoms with Gasteiger partial charge in [-0.25, -0.2) is 0 Å². The Morgan fingerprint density at radius 1 is 1.41 bits per heavy atom. The van der Waals surface area contributed by atoms with Crippen molar-refractivity contribution in [2.75, 3.05) is 25.0 Å². The van der Waals surface area contributed by atoms with Gasteiger partial charge in [0.2, 0.25) is 11.8 Å². The van der Waals surface area contributed by atoms with Crippen molar-refractivity contribution in [3.05, 3.63) is 29.8 Å². The zero-order chi connectivity index (χ0) is 15.5. The van der Waals surface area contributed by atoms with Crippen LogP contribution in [0.25, 0.3) is 0 Å². The van der Waals surface area contributed by atoms with Gasteiger partial charge in [0.1, 0.15) is 6.04 Å². The highest BCUT2D eigenvalue weighted by molar-refractivity contribution is 6.01. The van der Waals surface area contributed by atoms with Crippen LogP contribution in [-0.2, 0) is 9.59 Å². The Morgan fingerprint density at radius 2 is 2.23 bits per heavy atom. The molecule has 0 aromatic heterocycles. The molecule has 0 bridgehead atoms. The number of carbonyl (C=O) groups excluding carboxylic acids is 2. The second-order valence-corrected chi connectivity index (χ2v) is 6.24. The summed E-state index contributed by atoms with van der Waals surface area (Å²) in [4.78, 5) is 25.9. The van der Waals surface area contributed by atoms with Gasteiger partial charge < -0.3 is 15.5 Å². The number of rotatable bonds is 4. The van der Waals surface area contributed by atoms with E-state index in [2.05, 4.69) is 17.6 Å². The summed E-state index contributed by atoms with van der Waals surface area (Å²) >= 11 is 0. The van der Waals surface area contributed by atoms with Gasteiger partial charge in [-0.15, -0.1) is 0 Å². The van der Waals surface area contributed by atoms with Gasteiger partial charge >= 0.3 is 0 Å². The van der Waals surface area contributed by atoms with Gasteiger partial charge in [0.25, 0.3) is 0 Å². The Bertz CT molecular complexity index is 573. The molecule has 5 nitrogen and oxygen atoms in total. The number of hydrogen-bond acceptors (Lipinski definition) is 2. The molecule has 0 saturated carbocycles. The lowest BCUT2D eigenvalue weighted by Crippen LogP contribution is -3.14. The number of para-hydroxylation sites is 1. The number of likely N-dealkylation sites (N-methyl/N-ethyl adjacent to an activating group) is 1. The van der Waals surface area contributed by atoms with Crippen LogP contribution in [0.3, 0.4) is 0 Å². The van der Waals surface area contributed by atoms with E-state index in [0.717, 1.165) is 17.8 Å². The Balaban J connectivity index is 1.66. The molecule has 2 aliphatic heterocycles. The lowest BCUT2D eigenvalue weighted by atomic mass is 9.90. The number of nitrogens with one attached hydrogen (secondary N) is 3. The molecule has 5 heteroatoms. The summed E-state index contributed by atoms with van der Waals surface area (Å²) in [6.07, 6.45) is 2.64. The van der Waals surface area contributed by atoms with Crippen LogP contribution in [0.5, 0.6) is 0 Å². The van der Waals surface area contributed by atoms with Crippen LogP contribution in [0, 0.1) is 0 Å². The third kappa shape index (κ3) is 2.99. The fraction of sp³-hybridized carbons (Fsp3) is 0.529. The minimum atomic E-state index is -0.364. The topological polar surface area (TPSA) is 62.6 Å². The van der Waals surface area contributed by atoms with E-state index < -0.39 is 0 Å². The maximum absolute atomic E-state index is 12.6. The molecular formula is C17H24N3O2+. The number of likely N-dealkylation sites (tertiary alicyclic amines) is 1. The molecule has 2 aliphatic rings. The molecule has 3 atom stereocenters. The Kier molecular flexibility index (Phi) is 4.43. The first kappa shape index (κ1) is 15.0. The molecule has 118 valence electrons. The zero-order valence-corrected chi connectivity index (χ0v) is 13.0. The largest absolute Gasteiger partial charge is 0.350 e. The van der Waals surface area contributed by atoms with E-state index in [9.17, 15) is 9.59 Å². The summed E-state index contributed by atoms with van der Waals surface area (Å²) in [6.45, 7) is 5.21. The summed E-state index contributed by atoms with van der Waals surface area (Å²) in [6, 6.07) is 8.09. The predicted molar refractivity (Wildman–Crippen MR) is 84.8 cm³/mol. The molecule has 1 fully saturated rings. The number of hydrogen-bond donors (Lipinski definition) is 3. The van der Waals surface area contributed by atoms with Gasteiger partial charge in [-0.2, -0.15) is 0 Å². The van der Waals surface area contributed by atoms with Gasteiger partial charge in [-0.05, 0) is 18.6 Å². The molecule has 1 aromatic rings. The summed E-state index contributed by atoms with van der Waals surface area (Å²) in [5.74, 6) is -0.471. The first-order chi connectivity index (χ1) is 10.7. The van der Waals surface area contributed by atoms with Gasteiger partial charge in [0.05, 0.1) is 25.6 Å². The minimum Gasteiger partial charge on any atom is -0.350 e. The molecule has 1 aromatic carbocycles. The summed E-state index contributed by atoms with van der Waals surface area (Å²) in [7, 11) is 0. The van der Waals surface area contributed by atoms with E-state index in [0.29, 0.717) is 12.6 Å². The third-order valence-electron chi connectivity index (χ3n) is 4.92. The van der Waals surface area contributed by atoms with Gasteiger partial charge in [0, 0.05) is 24.9 Å². The molecule has 2 amide bonds. The number of benzene rings is 1. The molecule has 1 saturated heterocycles. The van der Waals surface area contributed by atoms with Gasteiger partial charge in [-0.1, -0.05) is 18.2 Å². The van der Waals surface area contributed by atoms with E-state index in [1.807, 2.05) is 24.3 Å². The Morgan fingerprint density at radius 3 is 3.05 bits per heavy atom. The van der Waals surface area contributed by atoms with Crippen LogP contribution in [-0.4, -0.2) is 37.5 Å². The van der Waals surface area contributed by atoms with Crippen molar-refractivity contribution in [3.8, 4) is 0 Å². The van der Waals surface area contributed by atoms with Gasteiger partial charge in [0.15, 0.2) is 0 Å². The van der Waals surface area contributed by atoms with Crippen LogP contribution in [0.1, 0.15) is 37.7 Å². The number of carbonyl (C=O) groups is 2. The van der Waals surface area contributed by atoms with E-state index in [1.165, 1.54) is 19.4 Å². The van der Waals surface area contributed by atoms with Crippen LogP contribution < -0.4 is 15.5 Å². The average molecular weight is 302 g/mol. The van der Waals surface area contributed by atoms with Crippen molar-refractivity contribution >= 4 is 17.5 Å². The van der Waals surface area contributed by atoms with Crippen LogP contribution >= 0.6 is 0 Å². The first-order valence-corrected chi connectivity index (χ1v) is 8.20. The third-order valence-corrected chi connectivity index (χ3v) is 4.92. The van der Waals surface area contributed by atoms with Crippen LogP contribution in [0.2, 0.25) is 0 Å². The molecule has 3 rings (SSSR count). The van der Waals surface area contributed by atoms with Crippen molar-refractivity contribution < 1.29 is 14.5 Å². The fourth-order valence-electron chi connectivity index (χ4n) is 3.69. The van der Waals surface area contributed by atoms with Crippen LogP contribution in [0.15, 0.2) is 24.3 Å². The fourth-order valence-corrected chi connectivity index (χ4v) is 3.69. The SMILES string of the molecule is CC[NH+]1CCCC1CNC(=O)C1CC(=O)Nc2ccccc21. The predicted octanol–water partition coefficient (Wildman–Crippen LogP) is 0.296. The van der Waals surface area contributed by atoms with E-state index in [-0.39, 0.29) is 24.2 Å². The van der Waals surface area contributed by atoms with Crippen molar-refractivity contribution in [1.82, 2.24) is 5.32 Å². The number of fused-ring (bicyclic) bond motifs is 1. The van der Waals surface area contributed by atoms with E-state index in [1.54, 1.807) is 4.90 Å². The summed E-state index contributed by atoms with van der Waals surface area (Å²) < 4.78 is 0. The Labute approximate surface area is 131 Å². The lowest BCUT2D eigenvalue weighted by Gasteiger charge is -2.26. The Hall–Kier alpha value is -1.88. The molecule has 0 radical (unpaired) electrons. The standard InChI is InChI=1S/C17H23N3O2/c1-2-20-9-5-6-12(20)11-18-17(22)14-10-16(21)19-15-8-4-3-7-13(14)15/h3-4,7-8,12,14H,2,5-6,9-11H2,1H3,(H,18,22)(H,19,21)/p+1. The zero-order valence-electron chi connectivity index (χ0n) is 13.0. The molecule has 0 aliphatic carbocycles. The minimum absolute atomic E-state index is 0.0235. The highest BCUT2D eigenvalue weighted by atomic mass is 16.2. The maximum Gasteiger partial charge on any atom is 0.228 e. The second kappa shape index (κ2) is 6.48. The molecule has 22 heavy (non-hydrogen) atoms. The highest BCUT2D eigenvalue weighted by Gasteiger charge is 2.32. The molecular weight excluding hydrogens is 278 g/mol. The highest BCUT2D eigenvalue weighted by Crippen LogP contribution is 2.31. The normalized spacial score (nSPS) is 27.1. The monoisotopic (exact) mass is 302 g/mol. The average Bonchev–Trinajstić information content (AvgIpc) is 2.99. The number of anilines is 1.